The van der Waals surface area contributed by atoms with Crippen molar-refractivity contribution in [3.63, 3.8) is 0 Å². The number of benzene rings is 1. The van der Waals surface area contributed by atoms with Gasteiger partial charge in [-0.1, -0.05) is 28.9 Å². The number of oxime groups is 1. The number of nitrogens with zero attached hydrogens (tertiary/aromatic N) is 4. The van der Waals surface area contributed by atoms with Gasteiger partial charge < -0.3 is 5.21 Å². The van der Waals surface area contributed by atoms with Gasteiger partial charge in [-0.2, -0.15) is 15.0 Å². The zero-order chi connectivity index (χ0) is 11.4. The molecule has 0 bridgehead atoms. The highest BCUT2D eigenvalue weighted by Gasteiger charge is 2.06. The van der Waals surface area contributed by atoms with E-state index < -0.39 is 0 Å². The molecule has 1 aromatic heterocycles. The fourth-order valence-corrected chi connectivity index (χ4v) is 1.41. The zero-order valence-electron chi connectivity index (χ0n) is 8.29. The summed E-state index contributed by atoms with van der Waals surface area (Å²) < 4.78 is 0. The fourth-order valence-electron chi connectivity index (χ4n) is 1.28. The lowest BCUT2D eigenvalue weighted by atomic mass is 10.1. The zero-order valence-corrected chi connectivity index (χ0v) is 9.04. The van der Waals surface area contributed by atoms with Crippen molar-refractivity contribution in [1.82, 2.24) is 15.0 Å². The lowest BCUT2D eigenvalue weighted by molar-refractivity contribution is 0.316. The highest BCUT2D eigenvalue weighted by Crippen LogP contribution is 2.10. The first-order chi connectivity index (χ1) is 7.79. The second-order valence-corrected chi connectivity index (χ2v) is 3.55. The molecule has 0 spiro atoms. The van der Waals surface area contributed by atoms with Gasteiger partial charge in [0.15, 0.2) is 0 Å². The Bertz CT molecular complexity index is 478. The molecule has 0 aliphatic carbocycles. The van der Waals surface area contributed by atoms with Crippen LogP contribution in [0.1, 0.15) is 5.56 Å². The van der Waals surface area contributed by atoms with Crippen LogP contribution in [0.2, 0.25) is 5.02 Å². The molecular formula is C10H9ClN4O. The summed E-state index contributed by atoms with van der Waals surface area (Å²) in [6.07, 6.45) is 3.13. The van der Waals surface area contributed by atoms with E-state index in [-0.39, 0.29) is 0 Å². The summed E-state index contributed by atoms with van der Waals surface area (Å²) in [6, 6.07) is 7.03. The van der Waals surface area contributed by atoms with E-state index in [1.54, 1.807) is 36.7 Å². The third kappa shape index (κ3) is 2.38. The van der Waals surface area contributed by atoms with E-state index >= 15 is 0 Å². The predicted octanol–water partition coefficient (Wildman–Crippen LogP) is 1.81. The lowest BCUT2D eigenvalue weighted by Gasteiger charge is -2.03. The largest absolute Gasteiger partial charge is 0.411 e. The quantitative estimate of drug-likeness (QED) is 0.502. The highest BCUT2D eigenvalue weighted by molar-refractivity contribution is 6.30. The maximum atomic E-state index is 8.93. The Morgan fingerprint density at radius 1 is 1.25 bits per heavy atom. The first-order valence-corrected chi connectivity index (χ1v) is 4.98. The van der Waals surface area contributed by atoms with Crippen molar-refractivity contribution in [3.8, 4) is 0 Å². The molecule has 82 valence electrons. The highest BCUT2D eigenvalue weighted by atomic mass is 35.5. The van der Waals surface area contributed by atoms with Crippen molar-refractivity contribution in [2.24, 2.45) is 5.16 Å². The Morgan fingerprint density at radius 3 is 2.44 bits per heavy atom. The van der Waals surface area contributed by atoms with Gasteiger partial charge in [0.1, 0.15) is 12.3 Å². The number of aromatic nitrogens is 3. The van der Waals surface area contributed by atoms with Crippen LogP contribution >= 0.6 is 11.6 Å². The second-order valence-electron chi connectivity index (χ2n) is 3.11. The molecule has 0 atom stereocenters. The summed E-state index contributed by atoms with van der Waals surface area (Å²) in [5, 5.41) is 20.7. The summed E-state index contributed by atoms with van der Waals surface area (Å²) in [4.78, 5) is 1.43. The fraction of sp³-hybridized carbons (Fsp3) is 0.100. The maximum Gasteiger partial charge on any atom is 0.110 e. The van der Waals surface area contributed by atoms with Crippen LogP contribution in [0.3, 0.4) is 0 Å². The minimum atomic E-state index is 0.311. The Kier molecular flexibility index (Phi) is 3.16. The standard InChI is InChI=1S/C10H9ClN4O/c11-9-3-1-8(2-4-9)10(14-16)7-15-12-5-6-13-15/h1-6,16H,7H2/b14-10-. The Hall–Kier alpha value is -1.88. The van der Waals surface area contributed by atoms with Gasteiger partial charge in [0.05, 0.1) is 12.4 Å². The van der Waals surface area contributed by atoms with E-state index in [0.29, 0.717) is 17.3 Å². The van der Waals surface area contributed by atoms with Crippen molar-refractivity contribution in [2.45, 2.75) is 6.54 Å². The van der Waals surface area contributed by atoms with E-state index in [2.05, 4.69) is 15.4 Å². The van der Waals surface area contributed by atoms with E-state index in [1.807, 2.05) is 0 Å². The van der Waals surface area contributed by atoms with E-state index in [4.69, 9.17) is 16.8 Å². The molecule has 5 nitrogen and oxygen atoms in total. The first-order valence-electron chi connectivity index (χ1n) is 4.60. The summed E-state index contributed by atoms with van der Waals surface area (Å²) in [7, 11) is 0. The normalized spacial score (nSPS) is 11.7. The van der Waals surface area contributed by atoms with Crippen molar-refractivity contribution in [1.29, 1.82) is 0 Å². The number of rotatable bonds is 3. The Labute approximate surface area is 97.0 Å². The summed E-state index contributed by atoms with van der Waals surface area (Å²) in [6.45, 7) is 0.311. The van der Waals surface area contributed by atoms with Gasteiger partial charge in [-0.15, -0.1) is 0 Å². The van der Waals surface area contributed by atoms with E-state index in [1.165, 1.54) is 4.80 Å². The van der Waals surface area contributed by atoms with Crippen molar-refractivity contribution >= 4 is 17.3 Å². The summed E-state index contributed by atoms with van der Waals surface area (Å²) in [5.41, 5.74) is 1.26. The van der Waals surface area contributed by atoms with Gasteiger partial charge in [-0.05, 0) is 12.1 Å². The molecule has 0 amide bonds. The Morgan fingerprint density at radius 2 is 1.88 bits per heavy atom. The van der Waals surface area contributed by atoms with Gasteiger partial charge >= 0.3 is 0 Å². The van der Waals surface area contributed by atoms with Crippen LogP contribution in [0.4, 0.5) is 0 Å². The molecule has 1 heterocycles. The van der Waals surface area contributed by atoms with Crippen molar-refractivity contribution in [2.75, 3.05) is 0 Å². The monoisotopic (exact) mass is 236 g/mol. The molecule has 2 rings (SSSR count). The molecule has 0 saturated heterocycles. The van der Waals surface area contributed by atoms with Crippen molar-refractivity contribution in [3.05, 3.63) is 47.2 Å². The topological polar surface area (TPSA) is 63.3 Å². The van der Waals surface area contributed by atoms with Crippen molar-refractivity contribution < 1.29 is 5.21 Å². The van der Waals surface area contributed by atoms with Gasteiger partial charge in [0, 0.05) is 10.6 Å². The SMILES string of the molecule is O/N=C(/Cn1nccn1)c1ccc(Cl)cc1. The smallest absolute Gasteiger partial charge is 0.110 e. The molecule has 16 heavy (non-hydrogen) atoms. The molecular weight excluding hydrogens is 228 g/mol. The van der Waals surface area contributed by atoms with Crippen LogP contribution in [0.15, 0.2) is 41.8 Å². The molecule has 1 N–H and O–H groups in total. The molecule has 0 fully saturated rings. The van der Waals surface area contributed by atoms with Gasteiger partial charge in [0.25, 0.3) is 0 Å². The number of hydrogen-bond acceptors (Lipinski definition) is 4. The van der Waals surface area contributed by atoms with E-state index in [0.717, 1.165) is 5.56 Å². The molecule has 0 aliphatic heterocycles. The molecule has 6 heteroatoms. The minimum Gasteiger partial charge on any atom is -0.411 e. The first kappa shape index (κ1) is 10.6. The lowest BCUT2D eigenvalue weighted by Crippen LogP contribution is -2.14. The number of halogens is 1. The third-order valence-corrected chi connectivity index (χ3v) is 2.31. The van der Waals surface area contributed by atoms with Crippen LogP contribution in [-0.2, 0) is 6.54 Å². The maximum absolute atomic E-state index is 8.93. The van der Waals surface area contributed by atoms with Gasteiger partial charge in [0.2, 0.25) is 0 Å². The molecule has 0 radical (unpaired) electrons. The summed E-state index contributed by atoms with van der Waals surface area (Å²) in [5.74, 6) is 0. The van der Waals surface area contributed by atoms with Gasteiger partial charge in [-0.25, -0.2) is 0 Å². The van der Waals surface area contributed by atoms with Crippen LogP contribution in [0.25, 0.3) is 0 Å². The molecule has 1 aromatic carbocycles. The predicted molar refractivity (Wildman–Crippen MR) is 59.8 cm³/mol. The van der Waals surface area contributed by atoms with Crippen LogP contribution in [0.5, 0.6) is 0 Å². The summed E-state index contributed by atoms with van der Waals surface area (Å²) >= 11 is 5.77. The Balaban J connectivity index is 2.20. The third-order valence-electron chi connectivity index (χ3n) is 2.06. The average Bonchev–Trinajstić information content (AvgIpc) is 2.80. The molecule has 0 aliphatic rings. The van der Waals surface area contributed by atoms with E-state index in [9.17, 15) is 0 Å². The molecule has 2 aromatic rings. The number of hydrogen-bond donors (Lipinski definition) is 1. The molecule has 0 unspecified atom stereocenters. The van der Waals surface area contributed by atoms with Crippen LogP contribution in [-0.4, -0.2) is 25.9 Å². The second kappa shape index (κ2) is 4.76. The van der Waals surface area contributed by atoms with Gasteiger partial charge in [-0.3, -0.25) is 0 Å². The molecule has 0 saturated carbocycles. The van der Waals surface area contributed by atoms with Crippen LogP contribution < -0.4 is 0 Å². The minimum absolute atomic E-state index is 0.311. The average molecular weight is 237 g/mol. The van der Waals surface area contributed by atoms with Crippen LogP contribution in [0, 0.1) is 0 Å².